The first-order chi connectivity index (χ1) is 15.8. The summed E-state index contributed by atoms with van der Waals surface area (Å²) in [5.74, 6) is -0.158. The first kappa shape index (κ1) is 25.3. The van der Waals surface area contributed by atoms with Gasteiger partial charge in [-0.25, -0.2) is 8.42 Å². The van der Waals surface area contributed by atoms with Crippen LogP contribution in [0.25, 0.3) is 6.08 Å². The second kappa shape index (κ2) is 11.2. The Labute approximate surface area is 200 Å². The molecule has 2 aromatic rings. The Morgan fingerprint density at radius 2 is 2.00 bits per heavy atom. The van der Waals surface area contributed by atoms with Crippen molar-refractivity contribution in [2.24, 2.45) is 0 Å². The number of hydrogen-bond acceptors (Lipinski definition) is 5. The van der Waals surface area contributed by atoms with Crippen LogP contribution in [0.15, 0.2) is 29.2 Å². The topological polar surface area (TPSA) is 93.5 Å². The van der Waals surface area contributed by atoms with Crippen LogP contribution in [0.2, 0.25) is 5.15 Å². The van der Waals surface area contributed by atoms with E-state index in [-0.39, 0.29) is 10.6 Å². The van der Waals surface area contributed by atoms with Crippen molar-refractivity contribution >= 4 is 39.3 Å². The fraction of sp³-hybridized carbons (Fsp3) is 0.478. The van der Waals surface area contributed by atoms with Crippen molar-refractivity contribution in [2.75, 3.05) is 25.5 Å². The number of anilines is 1. The van der Waals surface area contributed by atoms with Crippen LogP contribution in [-0.2, 0) is 21.4 Å². The van der Waals surface area contributed by atoms with E-state index in [1.165, 1.54) is 23.6 Å². The molecule has 0 saturated carbocycles. The predicted molar refractivity (Wildman–Crippen MR) is 130 cm³/mol. The highest BCUT2D eigenvalue weighted by Crippen LogP contribution is 2.31. The van der Waals surface area contributed by atoms with Gasteiger partial charge in [-0.15, -0.1) is 0 Å². The number of unbranched alkanes of at least 4 members (excludes halogenated alkanes) is 1. The molecule has 1 aromatic carbocycles. The molecule has 1 aliphatic heterocycles. The van der Waals surface area contributed by atoms with Crippen LogP contribution in [-0.4, -0.2) is 48.6 Å². The van der Waals surface area contributed by atoms with Gasteiger partial charge in [0.15, 0.2) is 0 Å². The maximum Gasteiger partial charge on any atom is 0.248 e. The third-order valence-corrected chi connectivity index (χ3v) is 7.92. The normalized spacial score (nSPS) is 15.2. The number of aromatic nitrogens is 2. The van der Waals surface area contributed by atoms with Gasteiger partial charge in [-0.05, 0) is 50.5 Å². The smallest absolute Gasteiger partial charge is 0.248 e. The van der Waals surface area contributed by atoms with E-state index >= 15 is 0 Å². The molecule has 1 saturated heterocycles. The number of nitrogens with one attached hydrogen (secondary N) is 1. The molecule has 0 bridgehead atoms. The van der Waals surface area contributed by atoms with Gasteiger partial charge in [-0.2, -0.15) is 9.40 Å². The number of ether oxygens (including phenoxy) is 1. The van der Waals surface area contributed by atoms with Crippen molar-refractivity contribution in [1.29, 1.82) is 0 Å². The molecule has 0 unspecified atom stereocenters. The minimum absolute atomic E-state index is 0.0461. The third kappa shape index (κ3) is 5.96. The summed E-state index contributed by atoms with van der Waals surface area (Å²) >= 11 is 6.42. The molecule has 3 rings (SSSR count). The third-order valence-electron chi connectivity index (χ3n) is 5.60. The molecule has 0 aliphatic carbocycles. The Hall–Kier alpha value is -2.36. The lowest BCUT2D eigenvalue weighted by Gasteiger charge is -2.26. The highest BCUT2D eigenvalue weighted by atomic mass is 35.5. The van der Waals surface area contributed by atoms with Crippen molar-refractivity contribution in [3.05, 3.63) is 40.7 Å². The maximum absolute atomic E-state index is 13.2. The van der Waals surface area contributed by atoms with Gasteiger partial charge in [0, 0.05) is 37.0 Å². The summed E-state index contributed by atoms with van der Waals surface area (Å²) in [6, 6.07) is 4.60. The Kier molecular flexibility index (Phi) is 8.56. The summed E-state index contributed by atoms with van der Waals surface area (Å²) < 4.78 is 34.8. The van der Waals surface area contributed by atoms with Crippen LogP contribution in [0.4, 0.5) is 5.69 Å². The van der Waals surface area contributed by atoms with Gasteiger partial charge in [-0.3, -0.25) is 9.48 Å². The lowest BCUT2D eigenvalue weighted by atomic mass is 10.2. The van der Waals surface area contributed by atoms with Crippen LogP contribution in [0.5, 0.6) is 5.75 Å². The lowest BCUT2D eigenvalue weighted by molar-refractivity contribution is -0.111. The summed E-state index contributed by atoms with van der Waals surface area (Å²) in [5, 5.41) is 7.64. The van der Waals surface area contributed by atoms with E-state index in [9.17, 15) is 13.2 Å². The van der Waals surface area contributed by atoms with Crippen molar-refractivity contribution in [3.8, 4) is 5.75 Å². The van der Waals surface area contributed by atoms with Crippen LogP contribution in [0.3, 0.4) is 0 Å². The molecule has 33 heavy (non-hydrogen) atoms. The summed E-state index contributed by atoms with van der Waals surface area (Å²) in [7, 11) is -2.30. The van der Waals surface area contributed by atoms with Crippen LogP contribution in [0.1, 0.15) is 50.3 Å². The number of nitrogens with zero attached hydrogens (tertiary/aromatic N) is 3. The van der Waals surface area contributed by atoms with Gasteiger partial charge in [0.05, 0.1) is 12.8 Å². The molecule has 0 atom stereocenters. The number of sulfonamides is 1. The highest BCUT2D eigenvalue weighted by Gasteiger charge is 2.29. The predicted octanol–water partition coefficient (Wildman–Crippen LogP) is 4.48. The largest absolute Gasteiger partial charge is 0.495 e. The molecule has 180 valence electrons. The fourth-order valence-corrected chi connectivity index (χ4v) is 5.78. The van der Waals surface area contributed by atoms with E-state index in [0.717, 1.165) is 44.3 Å². The zero-order valence-electron chi connectivity index (χ0n) is 19.3. The first-order valence-corrected chi connectivity index (χ1v) is 13.0. The molecule has 0 radical (unpaired) electrons. The number of amides is 1. The molecule has 2 heterocycles. The number of aryl methyl sites for hydroxylation is 2. The zero-order valence-corrected chi connectivity index (χ0v) is 20.9. The Morgan fingerprint density at radius 3 is 2.67 bits per heavy atom. The highest BCUT2D eigenvalue weighted by molar-refractivity contribution is 7.89. The monoisotopic (exact) mass is 494 g/mol. The number of benzene rings is 1. The van der Waals surface area contributed by atoms with Gasteiger partial charge in [0.2, 0.25) is 15.9 Å². The molecular weight excluding hydrogens is 464 g/mol. The number of halogens is 1. The Bertz CT molecular complexity index is 1120. The van der Waals surface area contributed by atoms with Gasteiger partial charge < -0.3 is 10.1 Å². The van der Waals surface area contributed by atoms with Gasteiger partial charge in [0.1, 0.15) is 15.8 Å². The average molecular weight is 495 g/mol. The molecular formula is C23H31ClN4O4S. The fourth-order valence-electron chi connectivity index (χ4n) is 3.76. The van der Waals surface area contributed by atoms with Gasteiger partial charge in [-0.1, -0.05) is 31.4 Å². The number of rotatable bonds is 9. The van der Waals surface area contributed by atoms with E-state index in [0.29, 0.717) is 29.5 Å². The Morgan fingerprint density at radius 1 is 1.27 bits per heavy atom. The average Bonchev–Trinajstić information content (AvgIpc) is 3.09. The van der Waals surface area contributed by atoms with Gasteiger partial charge >= 0.3 is 0 Å². The van der Waals surface area contributed by atoms with Crippen LogP contribution < -0.4 is 10.1 Å². The van der Waals surface area contributed by atoms with E-state index in [4.69, 9.17) is 16.3 Å². The van der Waals surface area contributed by atoms with Crippen molar-refractivity contribution in [1.82, 2.24) is 14.1 Å². The molecule has 0 spiro atoms. The molecule has 1 amide bonds. The lowest BCUT2D eigenvalue weighted by Crippen LogP contribution is -2.35. The summed E-state index contributed by atoms with van der Waals surface area (Å²) in [5.41, 5.74) is 1.79. The van der Waals surface area contributed by atoms with Crippen LogP contribution >= 0.6 is 11.6 Å². The van der Waals surface area contributed by atoms with E-state index in [1.54, 1.807) is 22.9 Å². The molecule has 1 aromatic heterocycles. The standard InChI is InChI=1S/C23H31ClN4O4S/c1-4-5-15-28-23(24)19(17(2)26-28)10-12-22(29)25-18-9-11-20(32-3)21(16-18)33(30,31)27-13-7-6-8-14-27/h9-12,16H,4-8,13-15H2,1-3H3,(H,25,29)/b12-10+. The summed E-state index contributed by atoms with van der Waals surface area (Å²) in [4.78, 5) is 12.6. The SMILES string of the molecule is CCCCn1nc(C)c(/C=C/C(=O)Nc2ccc(OC)c(S(=O)(=O)N3CCCCC3)c2)c1Cl. The van der Waals surface area contributed by atoms with Crippen molar-refractivity contribution < 1.29 is 17.9 Å². The van der Waals surface area contributed by atoms with E-state index in [2.05, 4.69) is 17.3 Å². The van der Waals surface area contributed by atoms with Crippen LogP contribution in [0, 0.1) is 6.92 Å². The van der Waals surface area contributed by atoms with Crippen molar-refractivity contribution in [3.63, 3.8) is 0 Å². The van der Waals surface area contributed by atoms with Gasteiger partial charge in [0.25, 0.3) is 0 Å². The minimum atomic E-state index is -3.72. The molecule has 1 fully saturated rings. The maximum atomic E-state index is 13.2. The van der Waals surface area contributed by atoms with E-state index < -0.39 is 15.9 Å². The minimum Gasteiger partial charge on any atom is -0.495 e. The van der Waals surface area contributed by atoms with E-state index in [1.807, 2.05) is 6.92 Å². The number of hydrogen-bond donors (Lipinski definition) is 1. The quantitative estimate of drug-likeness (QED) is 0.519. The molecule has 1 aliphatic rings. The number of methoxy groups -OCH3 is 1. The number of carbonyl (C=O) groups excluding carboxylic acids is 1. The number of piperidine rings is 1. The van der Waals surface area contributed by atoms with Crippen molar-refractivity contribution in [2.45, 2.75) is 57.4 Å². The molecule has 8 nitrogen and oxygen atoms in total. The Balaban J connectivity index is 1.78. The second-order valence-electron chi connectivity index (χ2n) is 8.02. The second-order valence-corrected chi connectivity index (χ2v) is 10.3. The number of carbonyl (C=O) groups is 1. The summed E-state index contributed by atoms with van der Waals surface area (Å²) in [6.07, 6.45) is 7.66. The molecule has 1 N–H and O–H groups in total. The molecule has 10 heteroatoms. The first-order valence-electron chi connectivity index (χ1n) is 11.2. The summed E-state index contributed by atoms with van der Waals surface area (Å²) in [6.45, 7) is 5.62. The zero-order chi connectivity index (χ0) is 24.0.